The molecule has 2 aromatic carbocycles. The van der Waals surface area contributed by atoms with Crippen molar-refractivity contribution >= 4 is 22.7 Å². The average molecular weight is 574 g/mol. The van der Waals surface area contributed by atoms with Gasteiger partial charge in [-0.3, -0.25) is 14.3 Å². The van der Waals surface area contributed by atoms with E-state index in [1.165, 1.54) is 24.3 Å². The van der Waals surface area contributed by atoms with Gasteiger partial charge in [0.05, 0.1) is 18.6 Å². The first kappa shape index (κ1) is 27.8. The monoisotopic (exact) mass is 573 g/mol. The van der Waals surface area contributed by atoms with Crippen LogP contribution in [0.3, 0.4) is 0 Å². The zero-order valence-corrected chi connectivity index (χ0v) is 23.8. The minimum absolute atomic E-state index is 0.0108. The van der Waals surface area contributed by atoms with Gasteiger partial charge in [0.2, 0.25) is 5.91 Å². The Kier molecular flexibility index (Phi) is 6.95. The lowest BCUT2D eigenvalue weighted by Crippen LogP contribution is -2.37. The fraction of sp³-hybridized carbons (Fsp3) is 0.375. The van der Waals surface area contributed by atoms with Crippen LogP contribution < -0.4 is 15.8 Å². The number of nitrogens with one attached hydrogen (secondary N) is 1. The normalized spacial score (nSPS) is 15.9. The predicted molar refractivity (Wildman–Crippen MR) is 154 cm³/mol. The highest BCUT2D eigenvalue weighted by Gasteiger charge is 2.38. The van der Waals surface area contributed by atoms with Crippen molar-refractivity contribution in [1.29, 1.82) is 0 Å². The summed E-state index contributed by atoms with van der Waals surface area (Å²) in [5, 5.41) is 8.51. The molecule has 2 aromatic heterocycles. The van der Waals surface area contributed by atoms with Crippen LogP contribution in [-0.2, 0) is 10.2 Å². The molecule has 2 aliphatic rings. The molecule has 2 heterocycles. The number of fused-ring (bicyclic) bond motifs is 1. The molecule has 2 aliphatic carbocycles. The number of rotatable bonds is 10. The molecule has 6 rings (SSSR count). The quantitative estimate of drug-likeness (QED) is 0.264. The number of aromatic nitrogens is 3. The highest BCUT2D eigenvalue weighted by atomic mass is 19.1. The van der Waals surface area contributed by atoms with Crippen LogP contribution in [0.4, 0.5) is 8.78 Å². The summed E-state index contributed by atoms with van der Waals surface area (Å²) in [6.07, 6.45) is 5.98. The lowest BCUT2D eigenvalue weighted by Gasteiger charge is -2.26. The van der Waals surface area contributed by atoms with E-state index in [0.717, 1.165) is 31.1 Å². The smallest absolute Gasteiger partial charge is 0.251 e. The van der Waals surface area contributed by atoms with E-state index in [1.807, 2.05) is 16.9 Å². The number of hydrogen-bond acceptors (Lipinski definition) is 5. The van der Waals surface area contributed by atoms with Crippen LogP contribution in [0.25, 0.3) is 22.2 Å². The summed E-state index contributed by atoms with van der Waals surface area (Å²) in [6.45, 7) is 3.38. The molecule has 3 N–H and O–H groups in total. The van der Waals surface area contributed by atoms with Crippen molar-refractivity contribution in [2.24, 2.45) is 11.7 Å². The number of nitrogens with zero attached hydrogens (tertiary/aromatic N) is 3. The molecule has 218 valence electrons. The van der Waals surface area contributed by atoms with Crippen LogP contribution in [0.2, 0.25) is 0 Å². The number of hydrogen-bond donors (Lipinski definition) is 2. The van der Waals surface area contributed by atoms with Crippen molar-refractivity contribution in [3.05, 3.63) is 77.1 Å². The Labute approximate surface area is 242 Å². The molecule has 0 bridgehead atoms. The number of pyridine rings is 1. The summed E-state index contributed by atoms with van der Waals surface area (Å²) in [5.41, 5.74) is 6.55. The second-order valence-electron chi connectivity index (χ2n) is 11.9. The van der Waals surface area contributed by atoms with E-state index in [4.69, 9.17) is 10.5 Å². The van der Waals surface area contributed by atoms with Crippen molar-refractivity contribution < 1.29 is 23.1 Å². The zero-order valence-electron chi connectivity index (χ0n) is 23.8. The number of benzene rings is 2. The van der Waals surface area contributed by atoms with Crippen molar-refractivity contribution in [2.75, 3.05) is 13.7 Å². The van der Waals surface area contributed by atoms with E-state index in [1.54, 1.807) is 33.1 Å². The minimum Gasteiger partial charge on any atom is -0.494 e. The SMILES string of the molecule is COc1cc(C(=O)NCC(c2cc(C(C)(C)C(N)=O)c(F)c(-c3ccc(F)cc3)n2)C2CC2)cc2cn(C3CC3)nc12. The fourth-order valence-electron chi connectivity index (χ4n) is 5.38. The molecular formula is C32H33F2N5O3. The highest BCUT2D eigenvalue weighted by molar-refractivity contribution is 6.00. The van der Waals surface area contributed by atoms with E-state index >= 15 is 4.39 Å². The van der Waals surface area contributed by atoms with E-state index in [9.17, 15) is 14.0 Å². The molecule has 0 aliphatic heterocycles. The Morgan fingerprint density at radius 1 is 1.12 bits per heavy atom. The van der Waals surface area contributed by atoms with Crippen molar-refractivity contribution in [2.45, 2.75) is 56.9 Å². The van der Waals surface area contributed by atoms with Crippen molar-refractivity contribution in [3.63, 3.8) is 0 Å². The minimum atomic E-state index is -1.33. The number of carbonyl (C=O) groups excluding carboxylic acids is 2. The predicted octanol–water partition coefficient (Wildman–Crippen LogP) is 5.41. The standard InChI is InChI=1S/C32H33F2N5O3/c1-32(2,31(35)41)24-14-25(37-29(27(24)34)18-6-8-21(33)9-7-18)23(17-4-5-17)15-36-30(40)19-12-20-16-39(22-10-11-22)38-28(20)26(13-19)42-3/h6-9,12-14,16-17,22-23H,4-5,10-11,15H2,1-3H3,(H2,35,41)(H,36,40). The van der Waals surface area contributed by atoms with Gasteiger partial charge < -0.3 is 15.8 Å². The van der Waals surface area contributed by atoms with Gasteiger partial charge in [-0.1, -0.05) is 0 Å². The second-order valence-corrected chi connectivity index (χ2v) is 11.9. The molecule has 2 amide bonds. The molecule has 0 spiro atoms. The van der Waals surface area contributed by atoms with Gasteiger partial charge in [-0.05, 0) is 87.9 Å². The molecular weight excluding hydrogens is 540 g/mol. The van der Waals surface area contributed by atoms with Crippen molar-refractivity contribution in [1.82, 2.24) is 20.1 Å². The first-order valence-corrected chi connectivity index (χ1v) is 14.2. The maximum absolute atomic E-state index is 15.9. The molecule has 2 fully saturated rings. The molecule has 42 heavy (non-hydrogen) atoms. The summed E-state index contributed by atoms with van der Waals surface area (Å²) < 4.78 is 37.1. The summed E-state index contributed by atoms with van der Waals surface area (Å²) in [6, 6.07) is 10.9. The van der Waals surface area contributed by atoms with Gasteiger partial charge in [0.1, 0.15) is 22.8 Å². The molecule has 1 atom stereocenters. The van der Waals surface area contributed by atoms with Crippen molar-refractivity contribution in [3.8, 4) is 17.0 Å². The van der Waals surface area contributed by atoms with Gasteiger partial charge in [0, 0.05) is 46.4 Å². The molecule has 10 heteroatoms. The van der Waals surface area contributed by atoms with Crippen LogP contribution in [0, 0.1) is 17.6 Å². The number of halogens is 2. The number of ether oxygens (including phenoxy) is 1. The molecule has 4 aromatic rings. The Hall–Kier alpha value is -4.34. The van der Waals surface area contributed by atoms with Crippen LogP contribution in [0.1, 0.15) is 73.1 Å². The van der Waals surface area contributed by atoms with Gasteiger partial charge in [-0.15, -0.1) is 0 Å². The fourth-order valence-corrected chi connectivity index (χ4v) is 5.38. The number of carbonyl (C=O) groups is 2. The lowest BCUT2D eigenvalue weighted by molar-refractivity contribution is -0.122. The van der Waals surface area contributed by atoms with E-state index in [2.05, 4.69) is 15.4 Å². The Balaban J connectivity index is 1.33. The van der Waals surface area contributed by atoms with Gasteiger partial charge >= 0.3 is 0 Å². The first-order valence-electron chi connectivity index (χ1n) is 14.2. The van der Waals surface area contributed by atoms with Gasteiger partial charge in [0.15, 0.2) is 5.82 Å². The molecule has 1 unspecified atom stereocenters. The number of primary amides is 1. The average Bonchev–Trinajstić information content (AvgIpc) is 3.91. The third-order valence-electron chi connectivity index (χ3n) is 8.43. The number of amides is 2. The largest absolute Gasteiger partial charge is 0.494 e. The molecule has 8 nitrogen and oxygen atoms in total. The molecule has 2 saturated carbocycles. The van der Waals surface area contributed by atoms with Crippen LogP contribution in [0.5, 0.6) is 5.75 Å². The maximum atomic E-state index is 15.9. The third-order valence-corrected chi connectivity index (χ3v) is 8.43. The summed E-state index contributed by atoms with van der Waals surface area (Å²) in [5.74, 6) is -1.59. The zero-order chi connectivity index (χ0) is 29.8. The molecule has 0 radical (unpaired) electrons. The number of methoxy groups -OCH3 is 1. The second kappa shape index (κ2) is 10.5. The summed E-state index contributed by atoms with van der Waals surface area (Å²) in [7, 11) is 1.56. The topological polar surface area (TPSA) is 112 Å². The van der Waals surface area contributed by atoms with E-state index < -0.39 is 23.0 Å². The van der Waals surface area contributed by atoms with E-state index in [-0.39, 0.29) is 35.5 Å². The lowest BCUT2D eigenvalue weighted by atomic mass is 9.81. The molecule has 0 saturated heterocycles. The summed E-state index contributed by atoms with van der Waals surface area (Å²) >= 11 is 0. The van der Waals surface area contributed by atoms with Gasteiger partial charge in [0.25, 0.3) is 5.91 Å². The van der Waals surface area contributed by atoms with Gasteiger partial charge in [-0.25, -0.2) is 13.8 Å². The first-order chi connectivity index (χ1) is 20.1. The highest BCUT2D eigenvalue weighted by Crippen LogP contribution is 2.44. The maximum Gasteiger partial charge on any atom is 0.251 e. The Morgan fingerprint density at radius 3 is 2.45 bits per heavy atom. The third kappa shape index (κ3) is 5.21. The van der Waals surface area contributed by atoms with E-state index in [0.29, 0.717) is 34.1 Å². The van der Waals surface area contributed by atoms with Crippen LogP contribution in [0.15, 0.2) is 48.7 Å². The Morgan fingerprint density at radius 2 is 1.83 bits per heavy atom. The Bertz CT molecular complexity index is 1690. The number of nitrogens with two attached hydrogens (primary N) is 1. The van der Waals surface area contributed by atoms with Crippen LogP contribution >= 0.6 is 0 Å². The van der Waals surface area contributed by atoms with Crippen LogP contribution in [-0.4, -0.2) is 40.2 Å². The van der Waals surface area contributed by atoms with Gasteiger partial charge in [-0.2, -0.15) is 5.10 Å². The summed E-state index contributed by atoms with van der Waals surface area (Å²) in [4.78, 5) is 30.5.